The highest BCUT2D eigenvalue weighted by molar-refractivity contribution is 6.32. The highest BCUT2D eigenvalue weighted by atomic mass is 35.5. The maximum atomic E-state index is 16.0. The maximum Gasteiger partial charge on any atom is 0.248 e. The van der Waals surface area contributed by atoms with Gasteiger partial charge in [0.05, 0.1) is 15.6 Å². The predicted molar refractivity (Wildman–Crippen MR) is 357 cm³/mol. The number of nitrogens with two attached hydrogens (primary N) is 1. The van der Waals surface area contributed by atoms with Gasteiger partial charge >= 0.3 is 0 Å². The van der Waals surface area contributed by atoms with Gasteiger partial charge in [-0.15, -0.1) is 0 Å². The van der Waals surface area contributed by atoms with Crippen LogP contribution in [0.5, 0.6) is 69.0 Å². The molecule has 0 aliphatic carbocycles. The molecule has 8 atom stereocenters. The average molecular weight is 1390 g/mol. The number of amides is 7. The molecule has 17 bridgehead atoms. The molecular formula is C71H65Cl2N9O17. The number of fused-ring (bicyclic) bond motifs is 14. The van der Waals surface area contributed by atoms with E-state index in [1.54, 1.807) is 0 Å². The van der Waals surface area contributed by atoms with Gasteiger partial charge in [-0.2, -0.15) is 0 Å². The number of nitrogens with one attached hydrogen (secondary N) is 8. The van der Waals surface area contributed by atoms with Crippen LogP contribution in [0.2, 0.25) is 10.0 Å². The van der Waals surface area contributed by atoms with Crippen molar-refractivity contribution in [2.24, 2.45) is 5.73 Å². The second-order valence-corrected chi connectivity index (χ2v) is 25.0. The van der Waals surface area contributed by atoms with Gasteiger partial charge in [0.1, 0.15) is 88.6 Å². The van der Waals surface area contributed by atoms with Gasteiger partial charge in [0.2, 0.25) is 47.1 Å². The molecule has 0 aromatic heterocycles. The third-order valence-electron chi connectivity index (χ3n) is 17.5. The van der Waals surface area contributed by atoms with E-state index in [9.17, 15) is 45.3 Å². The molecule has 0 fully saturated rings. The minimum Gasteiger partial charge on any atom is -0.508 e. The van der Waals surface area contributed by atoms with E-state index >= 15 is 24.0 Å². The monoisotopic (exact) mass is 1390 g/mol. The van der Waals surface area contributed by atoms with Crippen LogP contribution < -0.4 is 62.5 Å². The molecule has 17 N–H and O–H groups in total. The number of rotatable bonds is 8. The summed E-state index contributed by atoms with van der Waals surface area (Å²) >= 11 is 13.9. The summed E-state index contributed by atoms with van der Waals surface area (Å²) in [6.07, 6.45) is 0.481. The Balaban J connectivity index is 1.04. The summed E-state index contributed by atoms with van der Waals surface area (Å²) in [7, 11) is 1.24. The van der Waals surface area contributed by atoms with E-state index in [2.05, 4.69) is 49.5 Å². The molecule has 14 rings (SSSR count). The lowest BCUT2D eigenvalue weighted by atomic mass is 9.87. The molecule has 510 valence electrons. The fourth-order valence-electron chi connectivity index (χ4n) is 12.2. The van der Waals surface area contributed by atoms with Crippen LogP contribution in [0.3, 0.4) is 0 Å². The molecule has 0 spiro atoms. The fourth-order valence-corrected chi connectivity index (χ4v) is 12.6. The van der Waals surface area contributed by atoms with E-state index in [-0.39, 0.29) is 103 Å². The highest BCUT2D eigenvalue weighted by Gasteiger charge is 2.42. The summed E-state index contributed by atoms with van der Waals surface area (Å²) in [4.78, 5) is 106. The van der Waals surface area contributed by atoms with E-state index in [0.29, 0.717) is 5.56 Å². The Hall–Kier alpha value is -11.3. The van der Waals surface area contributed by atoms with Crippen LogP contribution >= 0.6 is 23.2 Å². The Bertz CT molecular complexity index is 4610. The fraction of sp³-hybridized carbons (Fsp3) is 0.225. The van der Waals surface area contributed by atoms with Gasteiger partial charge in [-0.1, -0.05) is 85.1 Å². The quantitative estimate of drug-likeness (QED) is 0.0710. The second-order valence-electron chi connectivity index (χ2n) is 24.2. The van der Waals surface area contributed by atoms with Gasteiger partial charge in [0, 0.05) is 43.8 Å². The van der Waals surface area contributed by atoms with Crippen LogP contribution in [0.4, 0.5) is 0 Å². The van der Waals surface area contributed by atoms with Crippen LogP contribution in [0.25, 0.3) is 11.1 Å². The summed E-state index contributed by atoms with van der Waals surface area (Å²) in [6.45, 7) is 2.11. The first-order valence-electron chi connectivity index (χ1n) is 31.3. The third-order valence-corrected chi connectivity index (χ3v) is 18.1. The molecule has 26 nitrogen and oxygen atoms in total. The number of aryl methyl sites for hydroxylation is 1. The average Bonchev–Trinajstić information content (AvgIpc) is 0.758. The van der Waals surface area contributed by atoms with Crippen LogP contribution in [-0.2, 0) is 59.5 Å². The number of aliphatic hydroxyl groups excluding tert-OH is 1. The van der Waals surface area contributed by atoms with Gasteiger partial charge in [-0.25, -0.2) is 0 Å². The Labute approximate surface area is 574 Å². The number of hydrogen-bond acceptors (Lipinski definition) is 19. The number of aliphatic hydroxyl groups is 1. The first-order chi connectivity index (χ1) is 47.4. The number of carbonyl (C=O) groups is 7. The maximum absolute atomic E-state index is 16.0. The Morgan fingerprint density at radius 1 is 0.545 bits per heavy atom. The molecule has 8 aromatic rings. The number of ether oxygens (including phenoxy) is 3. The minimum atomic E-state index is -2.17. The number of phenols is 6. The molecule has 0 saturated carbocycles. The zero-order valence-corrected chi connectivity index (χ0v) is 54.1. The molecule has 7 unspecified atom stereocenters. The number of benzene rings is 8. The van der Waals surface area contributed by atoms with Crippen molar-refractivity contribution in [3.05, 3.63) is 199 Å². The number of aromatic hydroxyl groups is 6. The molecule has 6 aliphatic rings. The van der Waals surface area contributed by atoms with E-state index in [4.69, 9.17) is 43.1 Å². The van der Waals surface area contributed by atoms with Gasteiger partial charge in [-0.3, -0.25) is 33.6 Å². The van der Waals surface area contributed by atoms with Crippen LogP contribution in [-0.4, -0.2) is 96.2 Å². The van der Waals surface area contributed by atoms with Gasteiger partial charge in [0.25, 0.3) is 0 Å². The van der Waals surface area contributed by atoms with Crippen molar-refractivity contribution in [1.82, 2.24) is 42.5 Å². The number of hydrogen-bond donors (Lipinski definition) is 16. The number of halogens is 2. The summed E-state index contributed by atoms with van der Waals surface area (Å²) in [5, 5.41) is 104. The molecular weight excluding hydrogens is 1320 g/mol. The highest BCUT2D eigenvalue weighted by Crippen LogP contribution is 2.49. The van der Waals surface area contributed by atoms with Crippen molar-refractivity contribution < 1.29 is 83.5 Å². The first-order valence-corrected chi connectivity index (χ1v) is 32.0. The zero-order chi connectivity index (χ0) is 70.2. The summed E-state index contributed by atoms with van der Waals surface area (Å²) < 4.78 is 18.6. The van der Waals surface area contributed by atoms with Gasteiger partial charge in [-0.05, 0) is 142 Å². The Kier molecular flexibility index (Phi) is 19.2. The molecule has 0 saturated heterocycles. The number of unbranched alkanes of at least 4 members (excludes halogenated alkanes) is 1. The van der Waals surface area contributed by atoms with Crippen LogP contribution in [0.15, 0.2) is 133 Å². The van der Waals surface area contributed by atoms with Crippen LogP contribution in [0.1, 0.15) is 112 Å². The third kappa shape index (κ3) is 14.0. The molecule has 99 heavy (non-hydrogen) atoms. The molecule has 0 radical (unpaired) electrons. The predicted octanol–water partition coefficient (Wildman–Crippen LogP) is 7.28. The summed E-state index contributed by atoms with van der Waals surface area (Å²) in [5.41, 5.74) is 6.86. The van der Waals surface area contributed by atoms with Crippen LogP contribution in [0, 0.1) is 0 Å². The van der Waals surface area contributed by atoms with Gasteiger partial charge in [0.15, 0.2) is 23.0 Å². The van der Waals surface area contributed by atoms with E-state index < -0.39 is 136 Å². The van der Waals surface area contributed by atoms with Crippen molar-refractivity contribution in [2.45, 2.75) is 94.1 Å². The van der Waals surface area contributed by atoms with Crippen molar-refractivity contribution in [3.63, 3.8) is 0 Å². The molecule has 8 aromatic carbocycles. The summed E-state index contributed by atoms with van der Waals surface area (Å²) in [6, 6.07) is 16.4. The van der Waals surface area contributed by atoms with Crippen molar-refractivity contribution in [3.8, 4) is 80.1 Å². The molecule has 7 amide bonds. The topological polar surface area (TPSA) is 411 Å². The standard InChI is InChI=1S/C71H65Cl2N9O17/c1-3-4-5-31-6-8-32(9-7-31)29-76-30-43-49(86)28-42-55(63(43)88)41-22-35(12-14-47(41)84)57-68(93)82-61(71(96)81-60(42)67(92)75-2)62(87)36-13-17-51(45(73)23-36)99-54-26-38-25-53(64(54)89)98-50-16-10-33(18-44(50)72)19-46-65(90)78-58(69(94)80-59(38)70(95)79-57)37-20-39(83)27-40(21-37)97-52-24-34(11-15-48(52)85)56(74)66(91)77-46/h6-18,20-28,46,56-62,76,83-89H,3-5,19,29-30,74H2,1-2H3,(H,75,92)(H,77,91)(H,78,90)(H,79,95)(H,80,94)(H,81,96)(H,82,93)/t46?,56?,57?,58?,59?,60-,61?,62?/m1/s1. The van der Waals surface area contributed by atoms with E-state index in [1.807, 2.05) is 24.3 Å². The minimum absolute atomic E-state index is 0.120. The van der Waals surface area contributed by atoms with E-state index in [1.165, 1.54) is 79.8 Å². The lowest BCUT2D eigenvalue weighted by molar-refractivity contribution is -0.137. The number of carbonyl (C=O) groups excluding carboxylic acids is 7. The van der Waals surface area contributed by atoms with Crippen molar-refractivity contribution >= 4 is 64.6 Å². The molecule has 6 heterocycles. The number of likely N-dealkylation sites (N-methyl/N-ethyl adjacent to an activating group) is 1. The lowest BCUT2D eigenvalue weighted by Crippen LogP contribution is -2.55. The zero-order valence-electron chi connectivity index (χ0n) is 52.6. The first kappa shape index (κ1) is 67.7. The second kappa shape index (κ2) is 28.0. The number of phenolic OH excluding ortho intramolecular Hbond substituents is 6. The summed E-state index contributed by atoms with van der Waals surface area (Å²) in [5.74, 6) is -13.5. The smallest absolute Gasteiger partial charge is 0.248 e. The van der Waals surface area contributed by atoms with Crippen molar-refractivity contribution in [2.75, 3.05) is 7.05 Å². The van der Waals surface area contributed by atoms with Gasteiger partial charge < -0.3 is 98.2 Å². The molecule has 28 heteroatoms. The normalized spacial score (nSPS) is 20.5. The SMILES string of the molecule is CCCCc1ccc(CNCc2c(O)cc3c(c2O)-c2cc(ccc2O)C2NC(=O)C4NC(=O)C5NC(=O)C(Cc6ccc(c(Cl)c6)Oc6cc4cc(c6O)Oc4ccc(cc4Cl)C(O)C(NC2=O)C(=O)N[C@H]3C(=O)NC)NC(=O)C(N)c2ccc(O)c(c2)Oc2cc(O)cc5c2)cc1. The van der Waals surface area contributed by atoms with E-state index in [0.717, 1.165) is 66.8 Å². The Morgan fingerprint density at radius 2 is 1.15 bits per heavy atom. The largest absolute Gasteiger partial charge is 0.508 e. The molecule has 6 aliphatic heterocycles. The lowest BCUT2D eigenvalue weighted by Gasteiger charge is -2.31. The van der Waals surface area contributed by atoms with Crippen molar-refractivity contribution in [1.29, 1.82) is 0 Å². The Morgan fingerprint density at radius 3 is 1.83 bits per heavy atom.